The molecule has 1 aliphatic heterocycles. The van der Waals surface area contributed by atoms with Crippen molar-refractivity contribution >= 4 is 17.4 Å². The SMILES string of the molecule is Nc1nc(Cl)nc(C(F)(F)F)c1O[C@@H]1CCO[C@H](CO)[C@@H]1O. The molecule has 0 unspecified atom stereocenters. The zero-order valence-electron chi connectivity index (χ0n) is 11.0. The van der Waals surface area contributed by atoms with Crippen LogP contribution in [0, 0.1) is 0 Å². The summed E-state index contributed by atoms with van der Waals surface area (Å²) in [6.07, 6.45) is -8.09. The highest BCUT2D eigenvalue weighted by Crippen LogP contribution is 2.39. The lowest BCUT2D eigenvalue weighted by Crippen LogP contribution is -2.49. The molecule has 11 heteroatoms. The van der Waals surface area contributed by atoms with Crippen molar-refractivity contribution in [3.8, 4) is 5.75 Å². The number of nitrogens with two attached hydrogens (primary N) is 1. The molecule has 0 aliphatic carbocycles. The van der Waals surface area contributed by atoms with E-state index in [1.165, 1.54) is 0 Å². The van der Waals surface area contributed by atoms with Crippen molar-refractivity contribution in [3.63, 3.8) is 0 Å². The van der Waals surface area contributed by atoms with E-state index in [1.54, 1.807) is 0 Å². The number of ether oxygens (including phenoxy) is 2. The molecule has 3 atom stereocenters. The molecule has 0 bridgehead atoms. The van der Waals surface area contributed by atoms with Crippen LogP contribution in [0.1, 0.15) is 12.1 Å². The van der Waals surface area contributed by atoms with Crippen molar-refractivity contribution in [2.75, 3.05) is 18.9 Å². The highest BCUT2D eigenvalue weighted by Gasteiger charge is 2.41. The third kappa shape index (κ3) is 3.51. The first-order valence-electron chi connectivity index (χ1n) is 6.21. The molecule has 0 radical (unpaired) electrons. The molecule has 1 aliphatic rings. The van der Waals surface area contributed by atoms with Gasteiger partial charge in [-0.1, -0.05) is 0 Å². The quantitative estimate of drug-likeness (QED) is 0.690. The predicted octanol–water partition coefficient (Wildman–Crippen LogP) is 0.620. The molecule has 1 fully saturated rings. The van der Waals surface area contributed by atoms with Crippen molar-refractivity contribution < 1.29 is 32.9 Å². The summed E-state index contributed by atoms with van der Waals surface area (Å²) in [4.78, 5) is 6.52. The molecule has 2 rings (SSSR count). The van der Waals surface area contributed by atoms with Gasteiger partial charge in [-0.25, -0.2) is 4.98 Å². The van der Waals surface area contributed by atoms with Crippen molar-refractivity contribution in [2.45, 2.75) is 30.9 Å². The van der Waals surface area contributed by atoms with Crippen molar-refractivity contribution in [1.82, 2.24) is 9.97 Å². The highest BCUT2D eigenvalue weighted by atomic mass is 35.5. The van der Waals surface area contributed by atoms with Gasteiger partial charge in [-0.2, -0.15) is 18.2 Å². The van der Waals surface area contributed by atoms with Crippen LogP contribution in [0.5, 0.6) is 5.75 Å². The van der Waals surface area contributed by atoms with Crippen LogP contribution >= 0.6 is 11.6 Å². The Morgan fingerprint density at radius 1 is 1.41 bits per heavy atom. The second-order valence-corrected chi connectivity index (χ2v) is 4.92. The molecule has 1 aromatic heterocycles. The Bertz CT molecular complexity index is 546. The number of nitrogen functional groups attached to an aromatic ring is 1. The van der Waals surface area contributed by atoms with E-state index in [1.807, 2.05) is 0 Å². The summed E-state index contributed by atoms with van der Waals surface area (Å²) in [6.45, 7) is -0.400. The lowest BCUT2D eigenvalue weighted by Gasteiger charge is -2.34. The zero-order valence-corrected chi connectivity index (χ0v) is 11.8. The van der Waals surface area contributed by atoms with E-state index in [2.05, 4.69) is 9.97 Å². The van der Waals surface area contributed by atoms with E-state index >= 15 is 0 Å². The predicted molar refractivity (Wildman–Crippen MR) is 68.3 cm³/mol. The molecule has 2 heterocycles. The standard InChI is InChI=1S/C11H13ClF3N3O4/c12-10-17-8(11(13,14)15)7(9(16)18-10)22-4-1-2-21-5(3-19)6(4)20/h4-6,19-20H,1-3H2,(H2,16,17,18)/t4-,5-,6-/m1/s1. The molecule has 0 saturated carbocycles. The van der Waals surface area contributed by atoms with Gasteiger partial charge in [0.2, 0.25) is 5.28 Å². The van der Waals surface area contributed by atoms with Crippen LogP contribution in [0.4, 0.5) is 19.0 Å². The van der Waals surface area contributed by atoms with Crippen LogP contribution in [0.15, 0.2) is 0 Å². The summed E-state index contributed by atoms with van der Waals surface area (Å²) in [5.41, 5.74) is 4.00. The number of aliphatic hydroxyl groups excluding tert-OH is 2. The monoisotopic (exact) mass is 343 g/mol. The minimum atomic E-state index is -4.86. The van der Waals surface area contributed by atoms with Gasteiger partial charge in [0.25, 0.3) is 0 Å². The maximum atomic E-state index is 13.0. The van der Waals surface area contributed by atoms with Crippen molar-refractivity contribution in [1.29, 1.82) is 0 Å². The number of anilines is 1. The molecule has 1 saturated heterocycles. The number of nitrogens with zero attached hydrogens (tertiary/aromatic N) is 2. The second kappa shape index (κ2) is 6.41. The Balaban J connectivity index is 2.33. The summed E-state index contributed by atoms with van der Waals surface area (Å²) in [5, 5.41) is 18.3. The van der Waals surface area contributed by atoms with Crippen LogP contribution in [0.3, 0.4) is 0 Å². The van der Waals surface area contributed by atoms with Gasteiger partial charge in [0.15, 0.2) is 17.3 Å². The lowest BCUT2D eigenvalue weighted by atomic mass is 10.0. The molecule has 7 nitrogen and oxygen atoms in total. The Kier molecular flexibility index (Phi) is 4.95. The Hall–Kier alpha value is -1.36. The van der Waals surface area contributed by atoms with E-state index in [0.717, 1.165) is 0 Å². The largest absolute Gasteiger partial charge is 0.481 e. The van der Waals surface area contributed by atoms with E-state index in [0.29, 0.717) is 0 Å². The average molecular weight is 344 g/mol. The van der Waals surface area contributed by atoms with E-state index in [4.69, 9.17) is 31.9 Å². The van der Waals surface area contributed by atoms with E-state index in [9.17, 15) is 18.3 Å². The fraction of sp³-hybridized carbons (Fsp3) is 0.636. The Labute approximate surface area is 127 Å². The number of hydrogen-bond donors (Lipinski definition) is 3. The minimum Gasteiger partial charge on any atom is -0.481 e. The molecule has 0 spiro atoms. The van der Waals surface area contributed by atoms with Gasteiger partial charge in [0.1, 0.15) is 18.3 Å². The van der Waals surface area contributed by atoms with Gasteiger partial charge in [-0.3, -0.25) is 0 Å². The second-order valence-electron chi connectivity index (χ2n) is 4.58. The summed E-state index contributed by atoms with van der Waals surface area (Å²) >= 11 is 5.38. The summed E-state index contributed by atoms with van der Waals surface area (Å²) in [6, 6.07) is 0. The summed E-state index contributed by atoms with van der Waals surface area (Å²) in [5.74, 6) is -1.40. The van der Waals surface area contributed by atoms with Crippen LogP contribution in [0.25, 0.3) is 0 Å². The van der Waals surface area contributed by atoms with Gasteiger partial charge < -0.3 is 25.4 Å². The fourth-order valence-corrected chi connectivity index (χ4v) is 2.21. The smallest absolute Gasteiger partial charge is 0.437 e. The minimum absolute atomic E-state index is 0.0999. The number of aromatic nitrogens is 2. The molecular weight excluding hydrogens is 331 g/mol. The third-order valence-electron chi connectivity index (χ3n) is 3.08. The molecule has 0 aromatic carbocycles. The zero-order chi connectivity index (χ0) is 16.5. The van der Waals surface area contributed by atoms with Crippen molar-refractivity contribution in [2.24, 2.45) is 0 Å². The first-order valence-corrected chi connectivity index (χ1v) is 6.59. The van der Waals surface area contributed by atoms with E-state index < -0.39 is 53.6 Å². The molecule has 22 heavy (non-hydrogen) atoms. The van der Waals surface area contributed by atoms with Crippen LogP contribution in [-0.2, 0) is 10.9 Å². The topological polar surface area (TPSA) is 111 Å². The first kappa shape index (κ1) is 17.0. The van der Waals surface area contributed by atoms with Gasteiger partial charge in [-0.05, 0) is 11.6 Å². The summed E-state index contributed by atoms with van der Waals surface area (Å²) < 4.78 is 49.2. The number of hydrogen-bond acceptors (Lipinski definition) is 7. The fourth-order valence-electron chi connectivity index (χ4n) is 2.03. The van der Waals surface area contributed by atoms with Gasteiger partial charge in [0.05, 0.1) is 13.2 Å². The average Bonchev–Trinajstić information content (AvgIpc) is 2.42. The number of halogens is 4. The lowest BCUT2D eigenvalue weighted by molar-refractivity contribution is -0.152. The van der Waals surface area contributed by atoms with Crippen LogP contribution < -0.4 is 10.5 Å². The van der Waals surface area contributed by atoms with Gasteiger partial charge >= 0.3 is 6.18 Å². The molecular formula is C11H13ClF3N3O4. The summed E-state index contributed by atoms with van der Waals surface area (Å²) in [7, 11) is 0. The highest BCUT2D eigenvalue weighted by molar-refractivity contribution is 6.28. The van der Waals surface area contributed by atoms with E-state index in [-0.39, 0.29) is 13.0 Å². The van der Waals surface area contributed by atoms with Crippen LogP contribution in [-0.4, -0.2) is 51.7 Å². The Morgan fingerprint density at radius 2 is 2.09 bits per heavy atom. The molecule has 124 valence electrons. The maximum absolute atomic E-state index is 13.0. The Morgan fingerprint density at radius 3 is 2.68 bits per heavy atom. The third-order valence-corrected chi connectivity index (χ3v) is 3.25. The normalized spacial score (nSPS) is 26.0. The van der Waals surface area contributed by atoms with Crippen LogP contribution in [0.2, 0.25) is 5.28 Å². The number of alkyl halides is 3. The number of aliphatic hydroxyl groups is 2. The first-order chi connectivity index (χ1) is 10.2. The number of rotatable bonds is 3. The maximum Gasteiger partial charge on any atom is 0.437 e. The molecule has 4 N–H and O–H groups in total. The van der Waals surface area contributed by atoms with Crippen molar-refractivity contribution in [3.05, 3.63) is 11.0 Å². The van der Waals surface area contributed by atoms with Gasteiger partial charge in [-0.15, -0.1) is 0 Å². The van der Waals surface area contributed by atoms with Gasteiger partial charge in [0, 0.05) is 6.42 Å². The molecule has 1 aromatic rings. The molecule has 0 amide bonds.